The van der Waals surface area contributed by atoms with Gasteiger partial charge in [-0.1, -0.05) is 41.9 Å². The second-order valence-corrected chi connectivity index (χ2v) is 7.08. The van der Waals surface area contributed by atoms with Crippen molar-refractivity contribution < 1.29 is 18.7 Å². The molecular formula is C24H17ClO5. The van der Waals surface area contributed by atoms with Gasteiger partial charge >= 0.3 is 5.97 Å². The largest absolute Gasteiger partial charge is 0.497 e. The van der Waals surface area contributed by atoms with Gasteiger partial charge in [0.15, 0.2) is 5.76 Å². The minimum Gasteiger partial charge on any atom is -0.497 e. The maximum absolute atomic E-state index is 13.2. The third kappa shape index (κ3) is 3.67. The Morgan fingerprint density at radius 2 is 1.70 bits per heavy atom. The monoisotopic (exact) mass is 420 g/mol. The summed E-state index contributed by atoms with van der Waals surface area (Å²) in [5.74, 6) is -0.0856. The maximum Gasteiger partial charge on any atom is 0.343 e. The van der Waals surface area contributed by atoms with Crippen LogP contribution in [0.1, 0.15) is 15.9 Å². The third-order valence-electron chi connectivity index (χ3n) is 4.69. The van der Waals surface area contributed by atoms with Crippen molar-refractivity contribution in [3.63, 3.8) is 0 Å². The number of halogens is 1. The molecule has 0 atom stereocenters. The highest BCUT2D eigenvalue weighted by atomic mass is 35.5. The van der Waals surface area contributed by atoms with Crippen LogP contribution in [0.3, 0.4) is 0 Å². The summed E-state index contributed by atoms with van der Waals surface area (Å²) >= 11 is 6.20. The van der Waals surface area contributed by atoms with Crippen molar-refractivity contribution in [1.29, 1.82) is 0 Å². The van der Waals surface area contributed by atoms with Gasteiger partial charge in [-0.15, -0.1) is 0 Å². The molecule has 1 heterocycles. The molecule has 1 aromatic heterocycles. The van der Waals surface area contributed by atoms with Gasteiger partial charge in [-0.3, -0.25) is 4.79 Å². The van der Waals surface area contributed by atoms with Crippen LogP contribution in [-0.4, -0.2) is 13.1 Å². The van der Waals surface area contributed by atoms with Crippen LogP contribution in [-0.2, 0) is 0 Å². The van der Waals surface area contributed by atoms with Crippen LogP contribution in [0.2, 0.25) is 5.02 Å². The molecule has 0 N–H and O–H groups in total. The van der Waals surface area contributed by atoms with Gasteiger partial charge in [-0.2, -0.15) is 0 Å². The molecule has 3 aromatic carbocycles. The zero-order valence-electron chi connectivity index (χ0n) is 16.3. The number of methoxy groups -OCH3 is 1. The molecule has 0 radical (unpaired) electrons. The molecule has 0 bridgehead atoms. The molecule has 6 heteroatoms. The zero-order valence-corrected chi connectivity index (χ0v) is 17.0. The molecule has 4 rings (SSSR count). The fraction of sp³-hybridized carbons (Fsp3) is 0.0833. The van der Waals surface area contributed by atoms with E-state index in [0.717, 1.165) is 5.56 Å². The second kappa shape index (κ2) is 8.05. The fourth-order valence-corrected chi connectivity index (χ4v) is 3.21. The molecule has 0 unspecified atom stereocenters. The number of hydrogen-bond donors (Lipinski definition) is 0. The molecule has 0 aliphatic rings. The Morgan fingerprint density at radius 3 is 2.37 bits per heavy atom. The maximum atomic E-state index is 13.2. The molecular weight excluding hydrogens is 404 g/mol. The Labute approximate surface area is 177 Å². The topological polar surface area (TPSA) is 65.7 Å². The molecule has 0 aliphatic carbocycles. The quantitative estimate of drug-likeness (QED) is 0.399. The summed E-state index contributed by atoms with van der Waals surface area (Å²) in [4.78, 5) is 26.0. The number of aryl methyl sites for hydroxylation is 1. The summed E-state index contributed by atoms with van der Waals surface area (Å²) in [6, 6.07) is 18.6. The third-order valence-corrected chi connectivity index (χ3v) is 5.09. The Bertz CT molecular complexity index is 1290. The van der Waals surface area contributed by atoms with Gasteiger partial charge in [0.25, 0.3) is 0 Å². The number of esters is 1. The lowest BCUT2D eigenvalue weighted by Crippen LogP contribution is -2.16. The van der Waals surface area contributed by atoms with E-state index in [1.165, 1.54) is 13.2 Å². The average molecular weight is 421 g/mol. The number of fused-ring (bicyclic) bond motifs is 1. The van der Waals surface area contributed by atoms with E-state index in [2.05, 4.69) is 0 Å². The zero-order chi connectivity index (χ0) is 21.3. The molecule has 0 fully saturated rings. The van der Waals surface area contributed by atoms with E-state index in [-0.39, 0.29) is 22.5 Å². The van der Waals surface area contributed by atoms with E-state index in [4.69, 9.17) is 25.5 Å². The summed E-state index contributed by atoms with van der Waals surface area (Å²) in [5, 5.41) is 0.664. The Kier molecular flexibility index (Phi) is 5.29. The molecule has 0 aliphatic heterocycles. The summed E-state index contributed by atoms with van der Waals surface area (Å²) in [5.41, 5.74) is 1.55. The SMILES string of the molecule is COc1ccc(C(=O)Oc2c(-c3ccccc3)oc3cc(C)c(Cl)cc3c2=O)cc1. The van der Waals surface area contributed by atoms with Crippen molar-refractivity contribution in [1.82, 2.24) is 0 Å². The lowest BCUT2D eigenvalue weighted by molar-refractivity contribution is 0.0731. The highest BCUT2D eigenvalue weighted by molar-refractivity contribution is 6.32. The standard InChI is InChI=1S/C24H17ClO5/c1-14-12-20-18(13-19(14)25)21(26)23(22(29-20)15-6-4-3-5-7-15)30-24(27)16-8-10-17(28-2)11-9-16/h3-13H,1-2H3. The van der Waals surface area contributed by atoms with Gasteiger partial charge in [0, 0.05) is 10.6 Å². The molecule has 0 saturated carbocycles. The highest BCUT2D eigenvalue weighted by Gasteiger charge is 2.22. The number of carbonyl (C=O) groups excluding carboxylic acids is 1. The second-order valence-electron chi connectivity index (χ2n) is 6.67. The lowest BCUT2D eigenvalue weighted by atomic mass is 10.1. The van der Waals surface area contributed by atoms with Crippen LogP contribution in [0.5, 0.6) is 11.5 Å². The molecule has 150 valence electrons. The van der Waals surface area contributed by atoms with Crippen molar-refractivity contribution in [2.45, 2.75) is 6.92 Å². The van der Waals surface area contributed by atoms with Gasteiger partial charge in [0.05, 0.1) is 18.1 Å². The smallest absolute Gasteiger partial charge is 0.343 e. The van der Waals surface area contributed by atoms with Gasteiger partial charge in [-0.05, 0) is 48.9 Å². The van der Waals surface area contributed by atoms with Crippen LogP contribution >= 0.6 is 11.6 Å². The van der Waals surface area contributed by atoms with Crippen LogP contribution < -0.4 is 14.9 Å². The minimum atomic E-state index is -0.681. The first-order chi connectivity index (χ1) is 14.5. The van der Waals surface area contributed by atoms with E-state index >= 15 is 0 Å². The van der Waals surface area contributed by atoms with Crippen molar-refractivity contribution in [2.24, 2.45) is 0 Å². The lowest BCUT2D eigenvalue weighted by Gasteiger charge is -2.11. The Hall–Kier alpha value is -3.57. The van der Waals surface area contributed by atoms with E-state index in [1.54, 1.807) is 42.5 Å². The van der Waals surface area contributed by atoms with Crippen molar-refractivity contribution in [2.75, 3.05) is 7.11 Å². The highest BCUT2D eigenvalue weighted by Crippen LogP contribution is 2.33. The van der Waals surface area contributed by atoms with Crippen molar-refractivity contribution in [3.05, 3.63) is 93.1 Å². The minimum absolute atomic E-state index is 0.177. The summed E-state index contributed by atoms with van der Waals surface area (Å²) < 4.78 is 16.7. The first kappa shape index (κ1) is 19.7. The fourth-order valence-electron chi connectivity index (χ4n) is 3.05. The normalized spacial score (nSPS) is 10.8. The number of carbonyl (C=O) groups is 1. The molecule has 0 saturated heterocycles. The Morgan fingerprint density at radius 1 is 1.00 bits per heavy atom. The molecule has 4 aromatic rings. The Balaban J connectivity index is 1.87. The molecule has 30 heavy (non-hydrogen) atoms. The van der Waals surface area contributed by atoms with Gasteiger partial charge in [-0.25, -0.2) is 4.79 Å². The van der Waals surface area contributed by atoms with Crippen molar-refractivity contribution >= 4 is 28.5 Å². The van der Waals surface area contributed by atoms with E-state index in [0.29, 0.717) is 21.9 Å². The summed E-state index contributed by atoms with van der Waals surface area (Å²) in [7, 11) is 1.53. The number of rotatable bonds is 4. The predicted molar refractivity (Wildman–Crippen MR) is 116 cm³/mol. The van der Waals surface area contributed by atoms with Crippen LogP contribution in [0, 0.1) is 6.92 Å². The van der Waals surface area contributed by atoms with Gasteiger partial charge in [0.1, 0.15) is 11.3 Å². The summed E-state index contributed by atoms with van der Waals surface area (Å²) in [6.07, 6.45) is 0. The average Bonchev–Trinajstić information content (AvgIpc) is 2.77. The first-order valence-electron chi connectivity index (χ1n) is 9.16. The van der Waals surface area contributed by atoms with Crippen LogP contribution in [0.4, 0.5) is 0 Å². The first-order valence-corrected chi connectivity index (χ1v) is 9.54. The van der Waals surface area contributed by atoms with E-state index in [1.807, 2.05) is 25.1 Å². The van der Waals surface area contributed by atoms with E-state index < -0.39 is 11.4 Å². The number of ether oxygens (including phenoxy) is 2. The molecule has 0 amide bonds. The number of benzene rings is 3. The molecule has 5 nitrogen and oxygen atoms in total. The van der Waals surface area contributed by atoms with Gasteiger partial charge < -0.3 is 13.9 Å². The predicted octanol–water partition coefficient (Wildman–Crippen LogP) is 5.65. The summed E-state index contributed by atoms with van der Waals surface area (Å²) in [6.45, 7) is 1.82. The molecule has 0 spiro atoms. The van der Waals surface area contributed by atoms with Crippen LogP contribution in [0.25, 0.3) is 22.3 Å². The van der Waals surface area contributed by atoms with Crippen molar-refractivity contribution in [3.8, 4) is 22.8 Å². The van der Waals surface area contributed by atoms with Gasteiger partial charge in [0.2, 0.25) is 11.2 Å². The van der Waals surface area contributed by atoms with E-state index in [9.17, 15) is 9.59 Å². The van der Waals surface area contributed by atoms with Crippen LogP contribution in [0.15, 0.2) is 75.9 Å². The number of hydrogen-bond acceptors (Lipinski definition) is 5.